The van der Waals surface area contributed by atoms with Crippen LogP contribution in [0, 0.1) is 0 Å². The van der Waals surface area contributed by atoms with Gasteiger partial charge in [0.05, 0.1) is 5.56 Å². The van der Waals surface area contributed by atoms with Crippen LogP contribution in [-0.4, -0.2) is 30.3 Å². The molecule has 0 amide bonds. The van der Waals surface area contributed by atoms with Gasteiger partial charge in [-0.1, -0.05) is 30.3 Å². The van der Waals surface area contributed by atoms with Crippen molar-refractivity contribution in [1.29, 1.82) is 0 Å². The van der Waals surface area contributed by atoms with Gasteiger partial charge in [-0.15, -0.1) is 5.10 Å². The molecule has 0 saturated carbocycles. The standard InChI is InChI=1S/C22H17N5O2/c1-13(28)17-14(2)29-22-19(18(17)15-7-4-3-5-8-15)21-25-20(26-27(21)12-24-22)16-9-6-10-23-11-16/h3-12,18H,1-2H3/t18-/m1/s1. The van der Waals surface area contributed by atoms with E-state index in [1.165, 1.54) is 0 Å². The molecule has 0 unspecified atom stereocenters. The third-order valence-electron chi connectivity index (χ3n) is 5.03. The number of carbonyl (C=O) groups excluding carboxylic acids is 1. The minimum Gasteiger partial charge on any atom is -0.443 e. The first-order valence-electron chi connectivity index (χ1n) is 9.23. The Kier molecular flexibility index (Phi) is 3.94. The molecular formula is C22H17N5O2. The number of carbonyl (C=O) groups is 1. The molecule has 5 rings (SSSR count). The van der Waals surface area contributed by atoms with Crippen LogP contribution in [0.1, 0.15) is 30.9 Å². The monoisotopic (exact) mass is 383 g/mol. The molecule has 0 N–H and O–H groups in total. The van der Waals surface area contributed by atoms with E-state index in [9.17, 15) is 4.79 Å². The van der Waals surface area contributed by atoms with Gasteiger partial charge in [0, 0.05) is 29.4 Å². The lowest BCUT2D eigenvalue weighted by Crippen LogP contribution is -2.22. The summed E-state index contributed by atoms with van der Waals surface area (Å²) in [5.41, 5.74) is 3.72. The number of allylic oxidation sites excluding steroid dienone is 2. The van der Waals surface area contributed by atoms with Crippen molar-refractivity contribution in [3.63, 3.8) is 0 Å². The summed E-state index contributed by atoms with van der Waals surface area (Å²) in [5.74, 6) is 1.16. The van der Waals surface area contributed by atoms with Gasteiger partial charge >= 0.3 is 0 Å². The summed E-state index contributed by atoms with van der Waals surface area (Å²) in [4.78, 5) is 25.9. The second-order valence-electron chi connectivity index (χ2n) is 6.88. The van der Waals surface area contributed by atoms with E-state index in [1.807, 2.05) is 42.5 Å². The zero-order chi connectivity index (χ0) is 20.0. The highest BCUT2D eigenvalue weighted by Gasteiger charge is 2.35. The van der Waals surface area contributed by atoms with E-state index in [-0.39, 0.29) is 11.7 Å². The van der Waals surface area contributed by atoms with E-state index in [4.69, 9.17) is 9.72 Å². The largest absolute Gasteiger partial charge is 0.443 e. The lowest BCUT2D eigenvalue weighted by Gasteiger charge is -2.28. The molecule has 0 spiro atoms. The van der Waals surface area contributed by atoms with Crippen molar-refractivity contribution in [1.82, 2.24) is 24.6 Å². The van der Waals surface area contributed by atoms with Crippen LogP contribution in [0.15, 0.2) is 72.5 Å². The highest BCUT2D eigenvalue weighted by Crippen LogP contribution is 2.44. The molecule has 29 heavy (non-hydrogen) atoms. The number of hydrogen-bond donors (Lipinski definition) is 0. The molecule has 4 aromatic rings. The number of ether oxygens (including phenoxy) is 1. The Morgan fingerprint density at radius 2 is 1.97 bits per heavy atom. The summed E-state index contributed by atoms with van der Waals surface area (Å²) in [7, 11) is 0. The average Bonchev–Trinajstić information content (AvgIpc) is 3.18. The van der Waals surface area contributed by atoms with E-state index in [2.05, 4.69) is 15.1 Å². The van der Waals surface area contributed by atoms with Crippen molar-refractivity contribution in [3.8, 4) is 17.3 Å². The molecule has 1 aromatic carbocycles. The average molecular weight is 383 g/mol. The maximum absolute atomic E-state index is 12.6. The van der Waals surface area contributed by atoms with Gasteiger partial charge in [0.15, 0.2) is 17.3 Å². The van der Waals surface area contributed by atoms with Gasteiger partial charge < -0.3 is 4.74 Å². The number of aromatic nitrogens is 5. The zero-order valence-electron chi connectivity index (χ0n) is 15.9. The molecular weight excluding hydrogens is 366 g/mol. The van der Waals surface area contributed by atoms with Crippen LogP contribution >= 0.6 is 0 Å². The fourth-order valence-electron chi connectivity index (χ4n) is 3.79. The molecule has 0 bridgehead atoms. The quantitative estimate of drug-likeness (QED) is 0.538. The van der Waals surface area contributed by atoms with Crippen LogP contribution in [0.4, 0.5) is 0 Å². The Morgan fingerprint density at radius 1 is 1.14 bits per heavy atom. The van der Waals surface area contributed by atoms with Crippen LogP contribution in [0.25, 0.3) is 17.0 Å². The van der Waals surface area contributed by atoms with Gasteiger partial charge in [0.25, 0.3) is 0 Å². The van der Waals surface area contributed by atoms with Gasteiger partial charge in [-0.2, -0.15) is 0 Å². The van der Waals surface area contributed by atoms with E-state index in [0.717, 1.165) is 16.7 Å². The Balaban J connectivity index is 1.79. The van der Waals surface area contributed by atoms with Crippen LogP contribution in [0.2, 0.25) is 0 Å². The third-order valence-corrected chi connectivity index (χ3v) is 5.03. The summed E-state index contributed by atoms with van der Waals surface area (Å²) in [5, 5.41) is 4.55. The number of hydrogen-bond acceptors (Lipinski definition) is 6. The summed E-state index contributed by atoms with van der Waals surface area (Å²) in [6.07, 6.45) is 4.99. The van der Waals surface area contributed by atoms with Crippen molar-refractivity contribution in [3.05, 3.63) is 83.6 Å². The predicted octanol–water partition coefficient (Wildman–Crippen LogP) is 3.57. The highest BCUT2D eigenvalue weighted by molar-refractivity contribution is 5.97. The number of fused-ring (bicyclic) bond motifs is 3. The molecule has 0 aliphatic carbocycles. The normalized spacial score (nSPS) is 15.9. The van der Waals surface area contributed by atoms with Crippen LogP contribution in [-0.2, 0) is 4.79 Å². The molecule has 1 aliphatic rings. The molecule has 0 radical (unpaired) electrons. The summed E-state index contributed by atoms with van der Waals surface area (Å²) >= 11 is 0. The fourth-order valence-corrected chi connectivity index (χ4v) is 3.79. The van der Waals surface area contributed by atoms with Gasteiger partial charge in [0.1, 0.15) is 12.1 Å². The minimum absolute atomic E-state index is 0.0454. The fraction of sp³-hybridized carbons (Fsp3) is 0.136. The maximum atomic E-state index is 12.6. The van der Waals surface area contributed by atoms with Gasteiger partial charge in [-0.25, -0.2) is 14.5 Å². The molecule has 3 aromatic heterocycles. The minimum atomic E-state index is -0.334. The zero-order valence-corrected chi connectivity index (χ0v) is 15.9. The molecule has 0 fully saturated rings. The number of ketones is 1. The van der Waals surface area contributed by atoms with Crippen LogP contribution < -0.4 is 4.74 Å². The first kappa shape index (κ1) is 17.2. The molecule has 1 aliphatic heterocycles. The SMILES string of the molecule is CC(=O)C1=C(C)Oc2ncn3nc(-c4cccnc4)nc3c2[C@@H]1c1ccccc1. The summed E-state index contributed by atoms with van der Waals surface area (Å²) in [6, 6.07) is 13.6. The molecule has 7 heteroatoms. The number of benzene rings is 1. The van der Waals surface area contributed by atoms with Crippen LogP contribution in [0.5, 0.6) is 5.88 Å². The third kappa shape index (κ3) is 2.79. The van der Waals surface area contributed by atoms with E-state index in [0.29, 0.717) is 28.7 Å². The van der Waals surface area contributed by atoms with Crippen molar-refractivity contribution in [2.75, 3.05) is 0 Å². The molecule has 7 nitrogen and oxygen atoms in total. The Hall–Kier alpha value is -3.87. The summed E-state index contributed by atoms with van der Waals surface area (Å²) in [6.45, 7) is 3.36. The number of pyridine rings is 1. The van der Waals surface area contributed by atoms with E-state index < -0.39 is 0 Å². The Labute approximate surface area is 166 Å². The van der Waals surface area contributed by atoms with Crippen molar-refractivity contribution < 1.29 is 9.53 Å². The molecule has 142 valence electrons. The Bertz CT molecular complexity index is 1260. The van der Waals surface area contributed by atoms with E-state index >= 15 is 0 Å². The van der Waals surface area contributed by atoms with Crippen molar-refractivity contribution in [2.45, 2.75) is 19.8 Å². The summed E-state index contributed by atoms with van der Waals surface area (Å²) < 4.78 is 7.56. The smallest absolute Gasteiger partial charge is 0.228 e. The van der Waals surface area contributed by atoms with Crippen LogP contribution in [0.3, 0.4) is 0 Å². The predicted molar refractivity (Wildman–Crippen MR) is 106 cm³/mol. The number of Topliss-reactive ketones (excluding diaryl/α,β-unsaturated/α-hetero) is 1. The van der Waals surface area contributed by atoms with Crippen molar-refractivity contribution in [2.24, 2.45) is 0 Å². The first-order chi connectivity index (χ1) is 14.1. The van der Waals surface area contributed by atoms with Gasteiger partial charge in [-0.3, -0.25) is 9.78 Å². The topological polar surface area (TPSA) is 82.3 Å². The number of nitrogens with zero attached hydrogens (tertiary/aromatic N) is 5. The van der Waals surface area contributed by atoms with Gasteiger partial charge in [0.2, 0.25) is 5.88 Å². The first-order valence-corrected chi connectivity index (χ1v) is 9.23. The maximum Gasteiger partial charge on any atom is 0.228 e. The number of rotatable bonds is 3. The Morgan fingerprint density at radius 3 is 2.69 bits per heavy atom. The van der Waals surface area contributed by atoms with Crippen molar-refractivity contribution >= 4 is 11.4 Å². The molecule has 1 atom stereocenters. The van der Waals surface area contributed by atoms with E-state index in [1.54, 1.807) is 37.1 Å². The molecule has 0 saturated heterocycles. The lowest BCUT2D eigenvalue weighted by atomic mass is 9.82. The molecule has 4 heterocycles. The highest BCUT2D eigenvalue weighted by atomic mass is 16.5. The lowest BCUT2D eigenvalue weighted by molar-refractivity contribution is -0.114. The second-order valence-corrected chi connectivity index (χ2v) is 6.88. The van der Waals surface area contributed by atoms with Gasteiger partial charge in [-0.05, 0) is 31.5 Å². The second kappa shape index (κ2) is 6.63.